The molecule has 2 amide bonds. The molecule has 0 aliphatic rings. The maximum absolute atomic E-state index is 13.9. The van der Waals surface area contributed by atoms with Crippen LogP contribution in [0, 0.1) is 0 Å². The van der Waals surface area contributed by atoms with E-state index in [0.717, 1.165) is 11.8 Å². The first-order valence-corrected chi connectivity index (χ1v) is 16.4. The molecule has 7 nitrogen and oxygen atoms in total. The molecule has 3 aromatic carbocycles. The van der Waals surface area contributed by atoms with Crippen molar-refractivity contribution < 1.29 is 18.0 Å². The molecule has 0 heterocycles. The summed E-state index contributed by atoms with van der Waals surface area (Å²) in [5.74, 6) is -0.618. The fraction of sp³-hybridized carbons (Fsp3) is 0.355. The van der Waals surface area contributed by atoms with Gasteiger partial charge in [-0.05, 0) is 68.7 Å². The highest BCUT2D eigenvalue weighted by molar-refractivity contribution is 7.92. The average molecular weight is 653 g/mol. The number of sulfonamides is 1. The fourth-order valence-electron chi connectivity index (χ4n) is 4.48. The third-order valence-corrected chi connectivity index (χ3v) is 8.39. The molecule has 0 bridgehead atoms. The first-order valence-electron chi connectivity index (χ1n) is 13.5. The van der Waals surface area contributed by atoms with Crippen molar-refractivity contribution in [2.45, 2.75) is 58.2 Å². The summed E-state index contributed by atoms with van der Waals surface area (Å²) < 4.78 is 26.4. The van der Waals surface area contributed by atoms with E-state index in [-0.39, 0.29) is 44.2 Å². The van der Waals surface area contributed by atoms with E-state index in [4.69, 9.17) is 34.8 Å². The number of nitrogens with one attached hydrogen (secondary N) is 1. The minimum atomic E-state index is -3.65. The van der Waals surface area contributed by atoms with E-state index < -0.39 is 21.6 Å². The van der Waals surface area contributed by atoms with E-state index in [1.54, 1.807) is 42.5 Å². The van der Waals surface area contributed by atoms with E-state index in [0.29, 0.717) is 26.3 Å². The standard InChI is InChI=1S/C31H36Cl3N3O4S/c1-31(2,3)35-30(39)28(18-22-10-6-5-7-11-22)36(21-23-15-16-25(33)20-27(23)34)29(38)14-9-17-37(42(4,40)41)26-13-8-12-24(32)19-26/h5-8,10-13,15-16,19-20,28H,9,14,17-18,21H2,1-4H3,(H,35,39)/t28-/m0/s1. The summed E-state index contributed by atoms with van der Waals surface area (Å²) in [5, 5.41) is 4.25. The molecule has 0 saturated carbocycles. The Bertz CT molecular complexity index is 1490. The van der Waals surface area contributed by atoms with Crippen molar-refractivity contribution >= 4 is 62.3 Å². The van der Waals surface area contributed by atoms with Crippen molar-refractivity contribution in [1.29, 1.82) is 0 Å². The molecule has 0 aliphatic carbocycles. The third kappa shape index (κ3) is 10.2. The fourth-order valence-corrected chi connectivity index (χ4v) is 6.09. The number of halogens is 3. The predicted molar refractivity (Wildman–Crippen MR) is 172 cm³/mol. The molecule has 3 aromatic rings. The van der Waals surface area contributed by atoms with Crippen LogP contribution in [-0.4, -0.2) is 49.5 Å². The van der Waals surface area contributed by atoms with Gasteiger partial charge < -0.3 is 10.2 Å². The van der Waals surface area contributed by atoms with Crippen LogP contribution < -0.4 is 9.62 Å². The number of amides is 2. The second kappa shape index (κ2) is 14.6. The van der Waals surface area contributed by atoms with Gasteiger partial charge in [-0.2, -0.15) is 0 Å². The smallest absolute Gasteiger partial charge is 0.243 e. The second-order valence-electron chi connectivity index (χ2n) is 11.1. The normalized spacial score (nSPS) is 12.5. The van der Waals surface area contributed by atoms with Gasteiger partial charge in [0.2, 0.25) is 21.8 Å². The number of benzene rings is 3. The van der Waals surface area contributed by atoms with Gasteiger partial charge >= 0.3 is 0 Å². The van der Waals surface area contributed by atoms with E-state index in [1.807, 2.05) is 51.1 Å². The van der Waals surface area contributed by atoms with Crippen LogP contribution in [0.4, 0.5) is 5.69 Å². The van der Waals surface area contributed by atoms with Gasteiger partial charge in [-0.1, -0.05) is 77.3 Å². The van der Waals surface area contributed by atoms with Crippen molar-refractivity contribution in [2.75, 3.05) is 17.1 Å². The van der Waals surface area contributed by atoms with Gasteiger partial charge in [0.25, 0.3) is 0 Å². The lowest BCUT2D eigenvalue weighted by molar-refractivity contribution is -0.142. The van der Waals surface area contributed by atoms with Crippen LogP contribution in [0.15, 0.2) is 72.8 Å². The van der Waals surface area contributed by atoms with Crippen LogP contribution in [0.5, 0.6) is 0 Å². The highest BCUT2D eigenvalue weighted by Gasteiger charge is 2.32. The summed E-state index contributed by atoms with van der Waals surface area (Å²) in [7, 11) is -3.65. The molecule has 0 aromatic heterocycles. The number of carbonyl (C=O) groups excluding carboxylic acids is 2. The molecule has 11 heteroatoms. The van der Waals surface area contributed by atoms with E-state index in [1.165, 1.54) is 9.21 Å². The van der Waals surface area contributed by atoms with Crippen molar-refractivity contribution in [2.24, 2.45) is 0 Å². The summed E-state index contributed by atoms with van der Waals surface area (Å²) in [6.07, 6.45) is 1.59. The highest BCUT2D eigenvalue weighted by atomic mass is 35.5. The van der Waals surface area contributed by atoms with Crippen LogP contribution in [0.2, 0.25) is 15.1 Å². The summed E-state index contributed by atoms with van der Waals surface area (Å²) in [6.45, 7) is 5.75. The Hall–Kier alpha value is -2.78. The highest BCUT2D eigenvalue weighted by Crippen LogP contribution is 2.26. The van der Waals surface area contributed by atoms with Crippen molar-refractivity contribution in [3.63, 3.8) is 0 Å². The minimum absolute atomic E-state index is 0.00805. The van der Waals surface area contributed by atoms with Gasteiger partial charge in [0.1, 0.15) is 6.04 Å². The van der Waals surface area contributed by atoms with Crippen LogP contribution in [0.25, 0.3) is 0 Å². The zero-order chi connectivity index (χ0) is 31.1. The molecule has 1 N–H and O–H groups in total. The molecule has 3 rings (SSSR count). The van der Waals surface area contributed by atoms with Crippen molar-refractivity contribution in [1.82, 2.24) is 10.2 Å². The lowest BCUT2D eigenvalue weighted by atomic mass is 10.00. The maximum Gasteiger partial charge on any atom is 0.243 e. The van der Waals surface area contributed by atoms with Crippen LogP contribution in [-0.2, 0) is 32.6 Å². The monoisotopic (exact) mass is 651 g/mol. The molecule has 1 atom stereocenters. The van der Waals surface area contributed by atoms with Crippen molar-refractivity contribution in [3.05, 3.63) is 99.0 Å². The first kappa shape index (κ1) is 33.7. The molecule has 0 fully saturated rings. The van der Waals surface area contributed by atoms with E-state index in [2.05, 4.69) is 5.32 Å². The largest absolute Gasteiger partial charge is 0.350 e. The van der Waals surface area contributed by atoms with Crippen LogP contribution in [0.1, 0.15) is 44.7 Å². The molecule has 0 radical (unpaired) electrons. The summed E-state index contributed by atoms with van der Waals surface area (Å²) in [6, 6.07) is 20.2. The Balaban J connectivity index is 1.93. The Labute approximate surface area is 263 Å². The lowest BCUT2D eigenvalue weighted by Gasteiger charge is -2.34. The van der Waals surface area contributed by atoms with E-state index in [9.17, 15) is 18.0 Å². The van der Waals surface area contributed by atoms with Crippen molar-refractivity contribution in [3.8, 4) is 0 Å². The zero-order valence-electron chi connectivity index (χ0n) is 24.1. The van der Waals surface area contributed by atoms with Gasteiger partial charge in [0.15, 0.2) is 0 Å². The number of rotatable bonds is 12. The number of hydrogen-bond donors (Lipinski definition) is 1. The maximum atomic E-state index is 13.9. The van der Waals surface area contributed by atoms with Gasteiger partial charge in [-0.3, -0.25) is 13.9 Å². The predicted octanol–water partition coefficient (Wildman–Crippen LogP) is 6.75. The summed E-state index contributed by atoms with van der Waals surface area (Å²) in [4.78, 5) is 29.2. The van der Waals surface area contributed by atoms with E-state index >= 15 is 0 Å². The quantitative estimate of drug-likeness (QED) is 0.235. The zero-order valence-corrected chi connectivity index (χ0v) is 27.2. The Morgan fingerprint density at radius 2 is 1.57 bits per heavy atom. The molecule has 0 saturated heterocycles. The number of nitrogens with zero attached hydrogens (tertiary/aromatic N) is 2. The van der Waals surface area contributed by atoms with Crippen LogP contribution in [0.3, 0.4) is 0 Å². The van der Waals surface area contributed by atoms with Gasteiger partial charge in [0.05, 0.1) is 11.9 Å². The second-order valence-corrected chi connectivity index (χ2v) is 14.3. The molecule has 0 unspecified atom stereocenters. The SMILES string of the molecule is CC(C)(C)NC(=O)[C@H](Cc1ccccc1)N(Cc1ccc(Cl)cc1Cl)C(=O)CCCN(c1cccc(Cl)c1)S(C)(=O)=O. The molecular formula is C31H36Cl3N3O4S. The molecule has 0 aliphatic heterocycles. The number of anilines is 1. The molecule has 226 valence electrons. The molecular weight excluding hydrogens is 617 g/mol. The number of hydrogen-bond acceptors (Lipinski definition) is 4. The summed E-state index contributed by atoms with van der Waals surface area (Å²) >= 11 is 18.7. The Kier molecular flexibility index (Phi) is 11.7. The first-order chi connectivity index (χ1) is 19.6. The Morgan fingerprint density at radius 3 is 2.17 bits per heavy atom. The average Bonchev–Trinajstić information content (AvgIpc) is 2.88. The van der Waals surface area contributed by atoms with Gasteiger partial charge in [-0.15, -0.1) is 0 Å². The summed E-state index contributed by atoms with van der Waals surface area (Å²) in [5.41, 5.74) is 1.39. The molecule has 0 spiro atoms. The molecule has 42 heavy (non-hydrogen) atoms. The minimum Gasteiger partial charge on any atom is -0.350 e. The van der Waals surface area contributed by atoms with Gasteiger partial charge in [0, 0.05) is 46.5 Å². The lowest BCUT2D eigenvalue weighted by Crippen LogP contribution is -2.54. The van der Waals surface area contributed by atoms with Gasteiger partial charge in [-0.25, -0.2) is 8.42 Å². The number of carbonyl (C=O) groups is 2. The topological polar surface area (TPSA) is 86.8 Å². The van der Waals surface area contributed by atoms with Crippen LogP contribution >= 0.6 is 34.8 Å². The Morgan fingerprint density at radius 1 is 0.905 bits per heavy atom. The third-order valence-electron chi connectivity index (χ3n) is 6.37.